The van der Waals surface area contributed by atoms with Gasteiger partial charge in [0, 0.05) is 11.1 Å². The molecule has 0 saturated heterocycles. The summed E-state index contributed by atoms with van der Waals surface area (Å²) in [5.41, 5.74) is 1.29. The first-order chi connectivity index (χ1) is 9.19. The van der Waals surface area contributed by atoms with Crippen LogP contribution in [0.15, 0.2) is 24.3 Å². The number of nitrogens with one attached hydrogen (secondary N) is 1. The molecule has 1 aliphatic rings. The Morgan fingerprint density at radius 2 is 2.05 bits per heavy atom. The van der Waals surface area contributed by atoms with Crippen molar-refractivity contribution >= 4 is 11.6 Å². The molecule has 2 N–H and O–H groups in total. The van der Waals surface area contributed by atoms with E-state index >= 15 is 0 Å². The molecule has 0 aromatic heterocycles. The van der Waals surface area contributed by atoms with Gasteiger partial charge in [-0.25, -0.2) is 0 Å². The Bertz CT molecular complexity index is 379. The fourth-order valence-corrected chi connectivity index (χ4v) is 3.08. The van der Waals surface area contributed by atoms with Crippen LogP contribution in [0.25, 0.3) is 0 Å². The van der Waals surface area contributed by atoms with Crippen molar-refractivity contribution in [2.45, 2.75) is 51.2 Å². The number of rotatable bonds is 5. The van der Waals surface area contributed by atoms with Crippen LogP contribution in [0.1, 0.15) is 50.6 Å². The van der Waals surface area contributed by atoms with Crippen LogP contribution in [-0.2, 0) is 0 Å². The summed E-state index contributed by atoms with van der Waals surface area (Å²) in [6.07, 6.45) is 5.30. The smallest absolute Gasteiger partial charge is 0.0543 e. The summed E-state index contributed by atoms with van der Waals surface area (Å²) in [5.74, 6) is 0.616. The van der Waals surface area contributed by atoms with Gasteiger partial charge < -0.3 is 10.4 Å². The van der Waals surface area contributed by atoms with Crippen LogP contribution in [-0.4, -0.2) is 17.8 Å². The minimum absolute atomic E-state index is 0.0869. The molecule has 0 radical (unpaired) electrons. The van der Waals surface area contributed by atoms with Gasteiger partial charge >= 0.3 is 0 Å². The molecular formula is C16H24ClNO. The van der Waals surface area contributed by atoms with E-state index in [1.54, 1.807) is 0 Å². The lowest BCUT2D eigenvalue weighted by molar-refractivity contribution is 0.0995. The topological polar surface area (TPSA) is 32.3 Å². The lowest BCUT2D eigenvalue weighted by atomic mass is 9.87. The average Bonchev–Trinajstić information content (AvgIpc) is 2.41. The number of benzene rings is 1. The van der Waals surface area contributed by atoms with Crippen molar-refractivity contribution < 1.29 is 5.11 Å². The van der Waals surface area contributed by atoms with Crippen molar-refractivity contribution in [2.24, 2.45) is 5.92 Å². The summed E-state index contributed by atoms with van der Waals surface area (Å²) in [6.45, 7) is 3.19. The Balaban J connectivity index is 1.87. The molecule has 19 heavy (non-hydrogen) atoms. The summed E-state index contributed by atoms with van der Waals surface area (Å²) in [4.78, 5) is 0. The zero-order chi connectivity index (χ0) is 13.7. The molecule has 1 fully saturated rings. The number of hydrogen-bond acceptors (Lipinski definition) is 2. The van der Waals surface area contributed by atoms with Gasteiger partial charge in [-0.3, -0.25) is 0 Å². The van der Waals surface area contributed by atoms with Gasteiger partial charge in [-0.15, -0.1) is 0 Å². The van der Waals surface area contributed by atoms with E-state index in [1.807, 2.05) is 12.1 Å². The standard InChI is InChI=1S/C16H24ClNO/c1-2-16(13-6-8-14(17)9-7-13)18-11-12-4-3-5-15(19)10-12/h6-9,12,15-16,18-19H,2-5,10-11H2,1H3. The quantitative estimate of drug-likeness (QED) is 0.857. The van der Waals surface area contributed by atoms with Crippen LogP contribution >= 0.6 is 11.6 Å². The van der Waals surface area contributed by atoms with E-state index in [0.717, 1.165) is 37.3 Å². The molecule has 1 aromatic carbocycles. The zero-order valence-electron chi connectivity index (χ0n) is 11.6. The van der Waals surface area contributed by atoms with Gasteiger partial charge in [0.1, 0.15) is 0 Å². The highest BCUT2D eigenvalue weighted by molar-refractivity contribution is 6.30. The fraction of sp³-hybridized carbons (Fsp3) is 0.625. The molecule has 0 aliphatic heterocycles. The maximum absolute atomic E-state index is 9.71. The van der Waals surface area contributed by atoms with Crippen molar-refractivity contribution in [3.63, 3.8) is 0 Å². The second-order valence-electron chi connectivity index (χ2n) is 5.61. The molecule has 106 valence electrons. The molecule has 1 saturated carbocycles. The Morgan fingerprint density at radius 1 is 1.32 bits per heavy atom. The molecule has 0 amide bonds. The third-order valence-corrected chi connectivity index (χ3v) is 4.34. The summed E-state index contributed by atoms with van der Waals surface area (Å²) in [7, 11) is 0. The van der Waals surface area contributed by atoms with Crippen LogP contribution in [0, 0.1) is 5.92 Å². The molecule has 3 heteroatoms. The Labute approximate surface area is 121 Å². The molecule has 3 atom stereocenters. The molecule has 3 unspecified atom stereocenters. The molecular weight excluding hydrogens is 258 g/mol. The second kappa shape index (κ2) is 7.28. The van der Waals surface area contributed by atoms with E-state index in [1.165, 1.54) is 12.0 Å². The number of aliphatic hydroxyl groups is 1. The number of aliphatic hydroxyl groups excluding tert-OH is 1. The lowest BCUT2D eigenvalue weighted by Crippen LogP contribution is -2.31. The minimum Gasteiger partial charge on any atom is -0.393 e. The minimum atomic E-state index is -0.0869. The van der Waals surface area contributed by atoms with Gasteiger partial charge in [0.15, 0.2) is 0 Å². The lowest BCUT2D eigenvalue weighted by Gasteiger charge is -2.28. The van der Waals surface area contributed by atoms with Crippen LogP contribution in [0.2, 0.25) is 5.02 Å². The maximum Gasteiger partial charge on any atom is 0.0543 e. The van der Waals surface area contributed by atoms with E-state index in [2.05, 4.69) is 24.4 Å². The molecule has 1 aliphatic carbocycles. The molecule has 0 spiro atoms. The van der Waals surface area contributed by atoms with Crippen LogP contribution < -0.4 is 5.32 Å². The van der Waals surface area contributed by atoms with E-state index in [9.17, 15) is 5.11 Å². The summed E-state index contributed by atoms with van der Waals surface area (Å²) in [6, 6.07) is 8.48. The van der Waals surface area contributed by atoms with Crippen LogP contribution in [0.5, 0.6) is 0 Å². The zero-order valence-corrected chi connectivity index (χ0v) is 12.4. The number of hydrogen-bond donors (Lipinski definition) is 2. The van der Waals surface area contributed by atoms with E-state index in [-0.39, 0.29) is 6.10 Å². The molecule has 2 nitrogen and oxygen atoms in total. The first kappa shape index (κ1) is 14.8. The van der Waals surface area contributed by atoms with Gasteiger partial charge in [0.25, 0.3) is 0 Å². The molecule has 2 rings (SSSR count). The Morgan fingerprint density at radius 3 is 2.68 bits per heavy atom. The van der Waals surface area contributed by atoms with E-state index in [0.29, 0.717) is 12.0 Å². The third kappa shape index (κ3) is 4.48. The van der Waals surface area contributed by atoms with Crippen LogP contribution in [0.4, 0.5) is 0 Å². The van der Waals surface area contributed by atoms with Gasteiger partial charge in [-0.1, -0.05) is 37.1 Å². The highest BCUT2D eigenvalue weighted by Gasteiger charge is 2.20. The predicted octanol–water partition coefficient (Wildman–Crippen LogP) is 3.93. The van der Waals surface area contributed by atoms with Crippen LogP contribution in [0.3, 0.4) is 0 Å². The SMILES string of the molecule is CCC(NCC1CCCC(O)C1)c1ccc(Cl)cc1. The van der Waals surface area contributed by atoms with Gasteiger partial charge in [-0.2, -0.15) is 0 Å². The monoisotopic (exact) mass is 281 g/mol. The first-order valence-corrected chi connectivity index (χ1v) is 7.73. The van der Waals surface area contributed by atoms with Gasteiger partial charge in [0.2, 0.25) is 0 Å². The highest BCUT2D eigenvalue weighted by atomic mass is 35.5. The molecule has 1 aromatic rings. The third-order valence-electron chi connectivity index (χ3n) is 4.09. The number of halogens is 1. The highest BCUT2D eigenvalue weighted by Crippen LogP contribution is 2.25. The maximum atomic E-state index is 9.71. The fourth-order valence-electron chi connectivity index (χ4n) is 2.95. The average molecular weight is 282 g/mol. The second-order valence-corrected chi connectivity index (χ2v) is 6.04. The van der Waals surface area contributed by atoms with Crippen molar-refractivity contribution in [1.82, 2.24) is 5.32 Å². The van der Waals surface area contributed by atoms with E-state index in [4.69, 9.17) is 11.6 Å². The van der Waals surface area contributed by atoms with Gasteiger partial charge in [-0.05, 0) is 55.8 Å². The molecule has 0 bridgehead atoms. The van der Waals surface area contributed by atoms with Crippen molar-refractivity contribution in [1.29, 1.82) is 0 Å². The first-order valence-electron chi connectivity index (χ1n) is 7.36. The van der Waals surface area contributed by atoms with Gasteiger partial charge in [0.05, 0.1) is 6.10 Å². The largest absolute Gasteiger partial charge is 0.393 e. The summed E-state index contributed by atoms with van der Waals surface area (Å²) < 4.78 is 0. The summed E-state index contributed by atoms with van der Waals surface area (Å²) >= 11 is 5.93. The van der Waals surface area contributed by atoms with Crippen molar-refractivity contribution in [3.05, 3.63) is 34.9 Å². The summed E-state index contributed by atoms with van der Waals surface area (Å²) in [5, 5.41) is 14.1. The predicted molar refractivity (Wildman–Crippen MR) is 80.5 cm³/mol. The van der Waals surface area contributed by atoms with E-state index < -0.39 is 0 Å². The molecule has 0 heterocycles. The normalized spacial score (nSPS) is 25.2. The van der Waals surface area contributed by atoms with Crippen molar-refractivity contribution in [3.8, 4) is 0 Å². The van der Waals surface area contributed by atoms with Crippen molar-refractivity contribution in [2.75, 3.05) is 6.54 Å². The Hall–Kier alpha value is -0.570. The Kier molecular flexibility index (Phi) is 5.68.